The maximum absolute atomic E-state index is 5.90. The number of fused-ring (bicyclic) bond motifs is 1. The summed E-state index contributed by atoms with van der Waals surface area (Å²) in [6.07, 6.45) is 5.55. The number of aromatic nitrogens is 3. The van der Waals surface area contributed by atoms with Gasteiger partial charge in [-0.1, -0.05) is 18.0 Å². The van der Waals surface area contributed by atoms with E-state index in [2.05, 4.69) is 30.4 Å². The maximum atomic E-state index is 5.90. The number of aliphatic imine (C=N–C) groups is 1. The molecule has 0 radical (unpaired) electrons. The fourth-order valence-electron chi connectivity index (χ4n) is 3.27. The number of hydrogen-bond donors (Lipinski definition) is 2. The molecule has 0 fully saturated rings. The van der Waals surface area contributed by atoms with Gasteiger partial charge in [0.1, 0.15) is 23.5 Å². The van der Waals surface area contributed by atoms with Gasteiger partial charge in [0, 0.05) is 38.0 Å². The quantitative estimate of drug-likeness (QED) is 0.325. The molecule has 0 saturated carbocycles. The van der Waals surface area contributed by atoms with E-state index >= 15 is 0 Å². The van der Waals surface area contributed by atoms with Gasteiger partial charge in [-0.15, -0.1) is 34.2 Å². The third-order valence-corrected chi connectivity index (χ3v) is 5.01. The van der Waals surface area contributed by atoms with Crippen molar-refractivity contribution in [3.05, 3.63) is 40.9 Å². The van der Waals surface area contributed by atoms with Gasteiger partial charge >= 0.3 is 0 Å². The average molecular weight is 533 g/mol. The Hall–Kier alpha value is -1.55. The predicted octanol–water partition coefficient (Wildman–Crippen LogP) is 3.45. The van der Waals surface area contributed by atoms with Crippen molar-refractivity contribution in [2.45, 2.75) is 51.7 Å². The standard InChI is InChI=1S/C20H29ClN6O.HI/c1-15(28-17-9-7-16(21)8-10-17)14-24-20(22-2)23-12-11-19-26-25-18-6-4-3-5-13-27(18)19;/h7-10,15H,3-6,11-14H2,1-2H3,(H2,22,23,24);1H. The van der Waals surface area contributed by atoms with Crippen LogP contribution in [0.3, 0.4) is 0 Å². The Morgan fingerprint density at radius 2 is 2.00 bits per heavy atom. The largest absolute Gasteiger partial charge is 0.489 e. The van der Waals surface area contributed by atoms with Crippen LogP contribution in [0, 0.1) is 0 Å². The molecule has 2 aromatic rings. The number of rotatable bonds is 7. The van der Waals surface area contributed by atoms with Crippen LogP contribution in [0.1, 0.15) is 37.8 Å². The molecule has 3 rings (SSSR count). The second-order valence-electron chi connectivity index (χ2n) is 7.01. The van der Waals surface area contributed by atoms with Crippen molar-refractivity contribution in [2.75, 3.05) is 20.1 Å². The van der Waals surface area contributed by atoms with Crippen LogP contribution in [0.2, 0.25) is 5.02 Å². The van der Waals surface area contributed by atoms with Crippen molar-refractivity contribution in [2.24, 2.45) is 4.99 Å². The Kier molecular flexibility index (Phi) is 9.99. The summed E-state index contributed by atoms with van der Waals surface area (Å²) in [5.74, 6) is 3.73. The normalized spacial score (nSPS) is 14.9. The molecule has 2 heterocycles. The van der Waals surface area contributed by atoms with Gasteiger partial charge in [0.05, 0.1) is 6.54 Å². The van der Waals surface area contributed by atoms with Gasteiger partial charge in [0.25, 0.3) is 0 Å². The highest BCUT2D eigenvalue weighted by atomic mass is 127. The molecule has 1 aliphatic rings. The highest BCUT2D eigenvalue weighted by Gasteiger charge is 2.14. The molecular formula is C20H30ClIN6O. The first-order chi connectivity index (χ1) is 13.7. The summed E-state index contributed by atoms with van der Waals surface area (Å²) in [6.45, 7) is 4.44. The van der Waals surface area contributed by atoms with Gasteiger partial charge in [-0.05, 0) is 44.0 Å². The van der Waals surface area contributed by atoms with E-state index in [9.17, 15) is 0 Å². The van der Waals surface area contributed by atoms with Crippen molar-refractivity contribution in [3.8, 4) is 5.75 Å². The highest BCUT2D eigenvalue weighted by molar-refractivity contribution is 14.0. The summed E-state index contributed by atoms with van der Waals surface area (Å²) in [5.41, 5.74) is 0. The summed E-state index contributed by atoms with van der Waals surface area (Å²) in [4.78, 5) is 4.28. The van der Waals surface area contributed by atoms with Crippen LogP contribution in [-0.2, 0) is 19.4 Å². The first kappa shape index (κ1) is 23.7. The van der Waals surface area contributed by atoms with Crippen molar-refractivity contribution < 1.29 is 4.74 Å². The third kappa shape index (κ3) is 7.33. The Labute approximate surface area is 194 Å². The molecule has 1 aromatic carbocycles. The highest BCUT2D eigenvalue weighted by Crippen LogP contribution is 2.16. The third-order valence-electron chi connectivity index (χ3n) is 4.76. The lowest BCUT2D eigenvalue weighted by Crippen LogP contribution is -2.42. The van der Waals surface area contributed by atoms with Crippen LogP contribution in [0.5, 0.6) is 5.75 Å². The summed E-state index contributed by atoms with van der Waals surface area (Å²) >= 11 is 5.90. The van der Waals surface area contributed by atoms with Crippen molar-refractivity contribution in [1.29, 1.82) is 0 Å². The van der Waals surface area contributed by atoms with Crippen LogP contribution >= 0.6 is 35.6 Å². The first-order valence-corrected chi connectivity index (χ1v) is 10.3. The van der Waals surface area contributed by atoms with Crippen molar-refractivity contribution in [1.82, 2.24) is 25.4 Å². The zero-order valence-corrected chi connectivity index (χ0v) is 20.1. The molecule has 7 nitrogen and oxygen atoms in total. The van der Waals surface area contributed by atoms with Crippen molar-refractivity contribution >= 4 is 41.5 Å². The molecule has 0 bridgehead atoms. The zero-order valence-electron chi connectivity index (χ0n) is 17.0. The number of aryl methyl sites for hydroxylation is 1. The molecule has 29 heavy (non-hydrogen) atoms. The SMILES string of the molecule is CN=C(NCCc1nnc2n1CCCCC2)NCC(C)Oc1ccc(Cl)cc1.I. The predicted molar refractivity (Wildman–Crippen MR) is 128 cm³/mol. The lowest BCUT2D eigenvalue weighted by molar-refractivity contribution is 0.224. The number of nitrogens with zero attached hydrogens (tertiary/aromatic N) is 4. The minimum Gasteiger partial charge on any atom is -0.489 e. The number of nitrogens with one attached hydrogen (secondary N) is 2. The summed E-state index contributed by atoms with van der Waals surface area (Å²) in [6, 6.07) is 7.38. The lowest BCUT2D eigenvalue weighted by Gasteiger charge is -2.18. The van der Waals surface area contributed by atoms with E-state index in [0.717, 1.165) is 49.3 Å². The number of halogens is 2. The van der Waals surface area contributed by atoms with Gasteiger partial charge < -0.3 is 19.9 Å². The Morgan fingerprint density at radius 1 is 1.21 bits per heavy atom. The molecule has 160 valence electrons. The maximum Gasteiger partial charge on any atom is 0.191 e. The molecule has 1 aliphatic heterocycles. The number of ether oxygens (including phenoxy) is 1. The fraction of sp³-hybridized carbons (Fsp3) is 0.550. The second-order valence-corrected chi connectivity index (χ2v) is 7.44. The van der Waals surface area contributed by atoms with Crippen LogP contribution in [0.4, 0.5) is 0 Å². The van der Waals surface area contributed by atoms with E-state index < -0.39 is 0 Å². The summed E-state index contributed by atoms with van der Waals surface area (Å²) in [7, 11) is 1.77. The molecule has 0 spiro atoms. The number of guanidine groups is 1. The van der Waals surface area contributed by atoms with E-state index in [-0.39, 0.29) is 30.1 Å². The van der Waals surface area contributed by atoms with Crippen LogP contribution in [0.15, 0.2) is 29.3 Å². The van der Waals surface area contributed by atoms with Gasteiger partial charge in [-0.2, -0.15) is 0 Å². The first-order valence-electron chi connectivity index (χ1n) is 9.93. The number of hydrogen-bond acceptors (Lipinski definition) is 4. The minimum atomic E-state index is -0.00742. The van der Waals surface area contributed by atoms with Crippen LogP contribution in [0.25, 0.3) is 0 Å². The molecular weight excluding hydrogens is 503 g/mol. The molecule has 0 saturated heterocycles. The molecule has 1 atom stereocenters. The number of benzene rings is 1. The molecule has 0 amide bonds. The van der Waals surface area contributed by atoms with E-state index in [0.29, 0.717) is 11.6 Å². The van der Waals surface area contributed by atoms with Gasteiger partial charge in [-0.3, -0.25) is 4.99 Å². The minimum absolute atomic E-state index is 0. The van der Waals surface area contributed by atoms with Crippen molar-refractivity contribution in [3.63, 3.8) is 0 Å². The Morgan fingerprint density at radius 3 is 2.76 bits per heavy atom. The topological polar surface area (TPSA) is 76.4 Å². The Balaban J connectivity index is 0.00000300. The van der Waals surface area contributed by atoms with Crippen LogP contribution < -0.4 is 15.4 Å². The second kappa shape index (κ2) is 12.2. The molecule has 0 aliphatic carbocycles. The molecule has 1 aromatic heterocycles. The smallest absolute Gasteiger partial charge is 0.191 e. The van der Waals surface area contributed by atoms with Gasteiger partial charge in [0.15, 0.2) is 5.96 Å². The van der Waals surface area contributed by atoms with Gasteiger partial charge in [0.2, 0.25) is 0 Å². The fourth-order valence-corrected chi connectivity index (χ4v) is 3.40. The lowest BCUT2D eigenvalue weighted by atomic mass is 10.2. The van der Waals surface area contributed by atoms with E-state index in [4.69, 9.17) is 16.3 Å². The zero-order chi connectivity index (χ0) is 19.8. The van der Waals surface area contributed by atoms with E-state index in [1.165, 1.54) is 19.3 Å². The summed E-state index contributed by atoms with van der Waals surface area (Å²) < 4.78 is 8.16. The molecule has 2 N–H and O–H groups in total. The van der Waals surface area contributed by atoms with E-state index in [1.54, 1.807) is 7.05 Å². The molecule has 9 heteroatoms. The van der Waals surface area contributed by atoms with Gasteiger partial charge in [-0.25, -0.2) is 0 Å². The molecule has 1 unspecified atom stereocenters. The monoisotopic (exact) mass is 532 g/mol. The summed E-state index contributed by atoms with van der Waals surface area (Å²) in [5, 5.41) is 16.1. The Bertz CT molecular complexity index is 780. The van der Waals surface area contributed by atoms with Crippen LogP contribution in [-0.4, -0.2) is 47.0 Å². The average Bonchev–Trinajstić information content (AvgIpc) is 2.92. The van der Waals surface area contributed by atoms with E-state index in [1.807, 2.05) is 31.2 Å².